The summed E-state index contributed by atoms with van der Waals surface area (Å²) in [7, 11) is 0. The number of hydrogen-bond donors (Lipinski definition) is 2. The molecule has 0 radical (unpaired) electrons. The number of urea groups is 1. The van der Waals surface area contributed by atoms with Crippen LogP contribution in [0, 0.1) is 6.92 Å². The number of pyridine rings is 1. The molecule has 0 unspecified atom stereocenters. The molecule has 0 bridgehead atoms. The van der Waals surface area contributed by atoms with Gasteiger partial charge in [-0.1, -0.05) is 17.7 Å². The van der Waals surface area contributed by atoms with Crippen LogP contribution < -0.4 is 15.4 Å². The van der Waals surface area contributed by atoms with Crippen LogP contribution in [0.2, 0.25) is 5.02 Å². The standard InChI is InChI=1S/C14H14ClN3O2/c1-10-3-2-8-16-13(10)18-14(19)17-9-20-12-6-4-11(15)5-7-12/h2-8H,9H2,1H3,(H2,16,17,18,19). The van der Waals surface area contributed by atoms with Crippen molar-refractivity contribution in [2.75, 3.05) is 12.0 Å². The summed E-state index contributed by atoms with van der Waals surface area (Å²) in [6.07, 6.45) is 1.62. The SMILES string of the molecule is Cc1cccnc1NC(=O)NCOc1ccc(Cl)cc1. The second kappa shape index (κ2) is 6.77. The molecule has 0 atom stereocenters. The summed E-state index contributed by atoms with van der Waals surface area (Å²) in [6, 6.07) is 10.2. The fraction of sp³-hybridized carbons (Fsp3) is 0.143. The first-order chi connectivity index (χ1) is 9.65. The van der Waals surface area contributed by atoms with Gasteiger partial charge >= 0.3 is 6.03 Å². The van der Waals surface area contributed by atoms with E-state index in [0.717, 1.165) is 5.56 Å². The third-order valence-electron chi connectivity index (χ3n) is 2.53. The summed E-state index contributed by atoms with van der Waals surface area (Å²) in [5, 5.41) is 5.85. The van der Waals surface area contributed by atoms with Crippen molar-refractivity contribution < 1.29 is 9.53 Å². The summed E-state index contributed by atoms with van der Waals surface area (Å²) in [5.74, 6) is 1.15. The van der Waals surface area contributed by atoms with E-state index in [9.17, 15) is 4.79 Å². The van der Waals surface area contributed by atoms with Crippen LogP contribution in [-0.4, -0.2) is 17.7 Å². The van der Waals surface area contributed by atoms with Crippen molar-refractivity contribution in [2.45, 2.75) is 6.92 Å². The molecule has 6 heteroatoms. The van der Waals surface area contributed by atoms with Crippen molar-refractivity contribution in [2.24, 2.45) is 0 Å². The van der Waals surface area contributed by atoms with Crippen LogP contribution in [0.1, 0.15) is 5.56 Å². The Morgan fingerprint density at radius 3 is 2.75 bits per heavy atom. The van der Waals surface area contributed by atoms with Crippen molar-refractivity contribution in [3.63, 3.8) is 0 Å². The number of benzene rings is 1. The monoisotopic (exact) mass is 291 g/mol. The third-order valence-corrected chi connectivity index (χ3v) is 2.78. The van der Waals surface area contributed by atoms with Crippen LogP contribution in [0.4, 0.5) is 10.6 Å². The maximum atomic E-state index is 11.6. The van der Waals surface area contributed by atoms with E-state index in [-0.39, 0.29) is 12.8 Å². The van der Waals surface area contributed by atoms with Crippen molar-refractivity contribution in [3.8, 4) is 5.75 Å². The number of rotatable bonds is 4. The van der Waals surface area contributed by atoms with Gasteiger partial charge in [-0.05, 0) is 42.8 Å². The Bertz CT molecular complexity index is 587. The fourth-order valence-electron chi connectivity index (χ4n) is 1.48. The van der Waals surface area contributed by atoms with Gasteiger partial charge in [0.15, 0.2) is 6.73 Å². The van der Waals surface area contributed by atoms with E-state index >= 15 is 0 Å². The number of amides is 2. The molecule has 0 saturated carbocycles. The lowest BCUT2D eigenvalue weighted by Gasteiger charge is -2.10. The number of carbonyl (C=O) groups excluding carboxylic acids is 1. The Kier molecular flexibility index (Phi) is 4.79. The van der Waals surface area contributed by atoms with Crippen LogP contribution in [0.3, 0.4) is 0 Å². The smallest absolute Gasteiger partial charge is 0.323 e. The summed E-state index contributed by atoms with van der Waals surface area (Å²) in [5.41, 5.74) is 0.890. The Balaban J connectivity index is 1.78. The van der Waals surface area contributed by atoms with E-state index in [0.29, 0.717) is 16.6 Å². The van der Waals surface area contributed by atoms with Gasteiger partial charge in [0.1, 0.15) is 11.6 Å². The highest BCUT2D eigenvalue weighted by Gasteiger charge is 2.04. The summed E-state index contributed by atoms with van der Waals surface area (Å²) < 4.78 is 5.35. The van der Waals surface area contributed by atoms with Crippen LogP contribution in [-0.2, 0) is 0 Å². The molecule has 0 fully saturated rings. The van der Waals surface area contributed by atoms with Crippen LogP contribution in [0.15, 0.2) is 42.6 Å². The Labute approximate surface area is 121 Å². The molecule has 5 nitrogen and oxygen atoms in total. The molecule has 0 aliphatic rings. The average Bonchev–Trinajstić information content (AvgIpc) is 2.44. The highest BCUT2D eigenvalue weighted by molar-refractivity contribution is 6.30. The van der Waals surface area contributed by atoms with Gasteiger partial charge in [-0.25, -0.2) is 9.78 Å². The minimum Gasteiger partial charge on any atom is -0.473 e. The lowest BCUT2D eigenvalue weighted by molar-refractivity contribution is 0.234. The van der Waals surface area contributed by atoms with E-state index in [1.807, 2.05) is 19.1 Å². The number of halogens is 1. The molecule has 2 aromatic rings. The number of carbonyl (C=O) groups is 1. The van der Waals surface area contributed by atoms with Gasteiger partial charge in [0.05, 0.1) is 0 Å². The van der Waals surface area contributed by atoms with E-state index in [1.54, 1.807) is 30.5 Å². The van der Waals surface area contributed by atoms with E-state index in [1.165, 1.54) is 0 Å². The number of ether oxygens (including phenoxy) is 1. The molecule has 104 valence electrons. The highest BCUT2D eigenvalue weighted by atomic mass is 35.5. The van der Waals surface area contributed by atoms with Crippen molar-refractivity contribution in [1.29, 1.82) is 0 Å². The number of nitrogens with zero attached hydrogens (tertiary/aromatic N) is 1. The van der Waals surface area contributed by atoms with Gasteiger partial charge in [0, 0.05) is 11.2 Å². The molecule has 0 spiro atoms. The molecule has 20 heavy (non-hydrogen) atoms. The molecule has 0 saturated heterocycles. The van der Waals surface area contributed by atoms with E-state index < -0.39 is 0 Å². The molecule has 2 amide bonds. The molecule has 1 aromatic carbocycles. The number of anilines is 1. The zero-order valence-electron chi connectivity index (χ0n) is 10.9. The zero-order valence-corrected chi connectivity index (χ0v) is 11.6. The predicted octanol–water partition coefficient (Wildman–Crippen LogP) is 3.20. The second-order valence-electron chi connectivity index (χ2n) is 4.04. The topological polar surface area (TPSA) is 63.2 Å². The lowest BCUT2D eigenvalue weighted by atomic mass is 10.3. The quantitative estimate of drug-likeness (QED) is 0.850. The largest absolute Gasteiger partial charge is 0.473 e. The highest BCUT2D eigenvalue weighted by Crippen LogP contribution is 2.15. The van der Waals surface area contributed by atoms with Crippen LogP contribution in [0.25, 0.3) is 0 Å². The molecule has 2 N–H and O–H groups in total. The average molecular weight is 292 g/mol. The molecule has 0 aliphatic carbocycles. The summed E-state index contributed by atoms with van der Waals surface area (Å²) in [6.45, 7) is 1.92. The first kappa shape index (κ1) is 14.1. The number of nitrogens with one attached hydrogen (secondary N) is 2. The first-order valence-electron chi connectivity index (χ1n) is 6.00. The van der Waals surface area contributed by atoms with Gasteiger partial charge in [-0.15, -0.1) is 0 Å². The Morgan fingerprint density at radius 1 is 1.30 bits per heavy atom. The number of aryl methyl sites for hydroxylation is 1. The van der Waals surface area contributed by atoms with Crippen LogP contribution >= 0.6 is 11.6 Å². The molecule has 1 aromatic heterocycles. The first-order valence-corrected chi connectivity index (χ1v) is 6.38. The third kappa shape index (κ3) is 4.13. The van der Waals surface area contributed by atoms with Crippen molar-refractivity contribution >= 4 is 23.4 Å². The van der Waals surface area contributed by atoms with Gasteiger partial charge < -0.3 is 10.1 Å². The summed E-state index contributed by atoms with van der Waals surface area (Å²) in [4.78, 5) is 15.7. The van der Waals surface area contributed by atoms with Crippen molar-refractivity contribution in [1.82, 2.24) is 10.3 Å². The Hall–Kier alpha value is -2.27. The molecular formula is C14H14ClN3O2. The van der Waals surface area contributed by atoms with E-state index in [4.69, 9.17) is 16.3 Å². The van der Waals surface area contributed by atoms with Crippen molar-refractivity contribution in [3.05, 3.63) is 53.2 Å². The van der Waals surface area contributed by atoms with E-state index in [2.05, 4.69) is 15.6 Å². The van der Waals surface area contributed by atoms with Gasteiger partial charge in [0.2, 0.25) is 0 Å². The summed E-state index contributed by atoms with van der Waals surface area (Å²) >= 11 is 5.76. The predicted molar refractivity (Wildman–Crippen MR) is 78.1 cm³/mol. The molecule has 1 heterocycles. The maximum absolute atomic E-state index is 11.6. The minimum absolute atomic E-state index is 0.0549. The van der Waals surface area contributed by atoms with Gasteiger partial charge in [-0.3, -0.25) is 5.32 Å². The lowest BCUT2D eigenvalue weighted by Crippen LogP contribution is -2.32. The van der Waals surface area contributed by atoms with Gasteiger partial charge in [0.25, 0.3) is 0 Å². The Morgan fingerprint density at radius 2 is 2.05 bits per heavy atom. The molecule has 0 aliphatic heterocycles. The zero-order chi connectivity index (χ0) is 14.4. The minimum atomic E-state index is -0.374. The maximum Gasteiger partial charge on any atom is 0.323 e. The molecule has 2 rings (SSSR count). The fourth-order valence-corrected chi connectivity index (χ4v) is 1.61. The molecular weight excluding hydrogens is 278 g/mol. The number of aromatic nitrogens is 1. The van der Waals surface area contributed by atoms with Crippen LogP contribution in [0.5, 0.6) is 5.75 Å². The van der Waals surface area contributed by atoms with Gasteiger partial charge in [-0.2, -0.15) is 0 Å². The normalized spacial score (nSPS) is 9.90. The second-order valence-corrected chi connectivity index (χ2v) is 4.48. The number of hydrogen-bond acceptors (Lipinski definition) is 3.